The highest BCUT2D eigenvalue weighted by molar-refractivity contribution is 7.90. The van der Waals surface area contributed by atoms with E-state index < -0.39 is 37.6 Å². The predicted octanol–water partition coefficient (Wildman–Crippen LogP) is 1.66. The van der Waals surface area contributed by atoms with E-state index >= 15 is 0 Å². The Morgan fingerprint density at radius 3 is 2.29 bits per heavy atom. The zero-order valence-corrected chi connectivity index (χ0v) is 15.9. The summed E-state index contributed by atoms with van der Waals surface area (Å²) in [6.45, 7) is 3.53. The van der Waals surface area contributed by atoms with E-state index in [4.69, 9.17) is 11.6 Å². The zero-order valence-electron chi connectivity index (χ0n) is 13.5. The lowest BCUT2D eigenvalue weighted by Gasteiger charge is -2.18. The van der Waals surface area contributed by atoms with E-state index in [9.17, 15) is 26.7 Å². The molecule has 24 heavy (non-hydrogen) atoms. The molecule has 0 heterocycles. The van der Waals surface area contributed by atoms with Crippen LogP contribution in [0.15, 0.2) is 23.1 Å². The number of carbonyl (C=O) groups is 1. The highest BCUT2D eigenvalue weighted by Gasteiger charge is 2.28. The van der Waals surface area contributed by atoms with Gasteiger partial charge in [0.1, 0.15) is 6.04 Å². The SMILES string of the molecule is CC(C)CC(NS(=O)(=O)c1cc(Cl)ccc1CS(C)(=O)=O)C(=O)O. The first kappa shape index (κ1) is 20.9. The van der Waals surface area contributed by atoms with Crippen LogP contribution in [-0.2, 0) is 30.4 Å². The Balaban J connectivity index is 3.31. The Kier molecular flexibility index (Phi) is 6.80. The van der Waals surface area contributed by atoms with Crippen LogP contribution < -0.4 is 4.72 Å². The Bertz CT molecular complexity index is 818. The maximum Gasteiger partial charge on any atom is 0.321 e. The molecular weight excluding hydrogens is 378 g/mol. The second-order valence-electron chi connectivity index (χ2n) is 5.96. The molecule has 0 aliphatic carbocycles. The number of hydrogen-bond donors (Lipinski definition) is 2. The van der Waals surface area contributed by atoms with Crippen molar-refractivity contribution in [2.45, 2.75) is 37.0 Å². The topological polar surface area (TPSA) is 118 Å². The standard InChI is InChI=1S/C14H20ClNO6S2/c1-9(2)6-12(14(17)18)16-24(21,22)13-7-11(15)5-4-10(13)8-23(3,19)20/h4-5,7,9,12,16H,6,8H2,1-3H3,(H,17,18). The number of nitrogens with one attached hydrogen (secondary N) is 1. The number of carboxylic acids is 1. The van der Waals surface area contributed by atoms with Crippen LogP contribution in [0.3, 0.4) is 0 Å². The minimum Gasteiger partial charge on any atom is -0.480 e. The van der Waals surface area contributed by atoms with Crippen LogP contribution in [0.1, 0.15) is 25.8 Å². The summed E-state index contributed by atoms with van der Waals surface area (Å²) < 4.78 is 50.2. The van der Waals surface area contributed by atoms with Gasteiger partial charge in [0, 0.05) is 11.3 Å². The molecule has 0 aromatic heterocycles. The summed E-state index contributed by atoms with van der Waals surface area (Å²) in [6, 6.07) is 2.47. The van der Waals surface area contributed by atoms with Crippen molar-refractivity contribution in [3.63, 3.8) is 0 Å². The van der Waals surface area contributed by atoms with Gasteiger partial charge in [0.15, 0.2) is 9.84 Å². The number of aliphatic carboxylic acids is 1. The van der Waals surface area contributed by atoms with Crippen molar-refractivity contribution < 1.29 is 26.7 Å². The fourth-order valence-corrected chi connectivity index (χ4v) is 4.71. The summed E-state index contributed by atoms with van der Waals surface area (Å²) in [7, 11) is -7.74. The third kappa shape index (κ3) is 6.39. The summed E-state index contributed by atoms with van der Waals surface area (Å²) in [5, 5.41) is 9.29. The molecule has 0 bridgehead atoms. The van der Waals surface area contributed by atoms with Gasteiger partial charge >= 0.3 is 5.97 Å². The molecule has 1 aromatic carbocycles. The lowest BCUT2D eigenvalue weighted by molar-refractivity contribution is -0.139. The average Bonchev–Trinajstić information content (AvgIpc) is 2.37. The first-order valence-electron chi connectivity index (χ1n) is 7.03. The third-order valence-corrected chi connectivity index (χ3v) is 5.66. The van der Waals surface area contributed by atoms with Gasteiger partial charge in [-0.15, -0.1) is 0 Å². The van der Waals surface area contributed by atoms with Crippen molar-refractivity contribution in [3.05, 3.63) is 28.8 Å². The molecule has 0 radical (unpaired) electrons. The molecule has 1 atom stereocenters. The van der Waals surface area contributed by atoms with Gasteiger partial charge < -0.3 is 5.11 Å². The van der Waals surface area contributed by atoms with Crippen LogP contribution in [0.4, 0.5) is 0 Å². The fraction of sp³-hybridized carbons (Fsp3) is 0.500. The molecule has 2 N–H and O–H groups in total. The van der Waals surface area contributed by atoms with Gasteiger partial charge in [-0.25, -0.2) is 16.8 Å². The molecule has 136 valence electrons. The maximum absolute atomic E-state index is 12.6. The van der Waals surface area contributed by atoms with Crippen LogP contribution in [0.5, 0.6) is 0 Å². The molecule has 1 aromatic rings. The third-order valence-electron chi connectivity index (χ3n) is 3.04. The Labute approximate surface area is 147 Å². The Hall–Kier alpha value is -1.16. The molecule has 10 heteroatoms. The predicted molar refractivity (Wildman–Crippen MR) is 91.2 cm³/mol. The van der Waals surface area contributed by atoms with Gasteiger partial charge in [-0.2, -0.15) is 4.72 Å². The summed E-state index contributed by atoms with van der Waals surface area (Å²) in [5.41, 5.74) is 0.0306. The van der Waals surface area contributed by atoms with Gasteiger partial charge in [-0.3, -0.25) is 4.79 Å². The number of halogens is 1. The molecule has 0 amide bonds. The molecule has 1 unspecified atom stereocenters. The van der Waals surface area contributed by atoms with Crippen LogP contribution in [-0.4, -0.2) is 40.2 Å². The molecule has 0 saturated carbocycles. The van der Waals surface area contributed by atoms with Gasteiger partial charge in [0.2, 0.25) is 10.0 Å². The number of sulfonamides is 1. The van der Waals surface area contributed by atoms with E-state index in [0.717, 1.165) is 12.3 Å². The van der Waals surface area contributed by atoms with Crippen molar-refractivity contribution in [3.8, 4) is 0 Å². The van der Waals surface area contributed by atoms with Crippen molar-refractivity contribution in [2.24, 2.45) is 5.92 Å². The second-order valence-corrected chi connectivity index (χ2v) is 10.2. The van der Waals surface area contributed by atoms with Gasteiger partial charge in [0.05, 0.1) is 10.6 Å². The van der Waals surface area contributed by atoms with Gasteiger partial charge in [-0.05, 0) is 30.0 Å². The lowest BCUT2D eigenvalue weighted by atomic mass is 10.1. The fourth-order valence-electron chi connectivity index (χ4n) is 2.10. The van der Waals surface area contributed by atoms with Crippen LogP contribution >= 0.6 is 11.6 Å². The van der Waals surface area contributed by atoms with Crippen molar-refractivity contribution in [1.82, 2.24) is 4.72 Å². The molecule has 1 rings (SSSR count). The Morgan fingerprint density at radius 2 is 1.83 bits per heavy atom. The number of hydrogen-bond acceptors (Lipinski definition) is 5. The normalized spacial score (nSPS) is 13.9. The number of carboxylic acid groups (broad SMARTS) is 1. The maximum atomic E-state index is 12.6. The van der Waals surface area contributed by atoms with E-state index in [2.05, 4.69) is 4.72 Å². The van der Waals surface area contributed by atoms with E-state index in [-0.39, 0.29) is 27.8 Å². The minimum atomic E-state index is -4.26. The highest BCUT2D eigenvalue weighted by Crippen LogP contribution is 2.23. The largest absolute Gasteiger partial charge is 0.480 e. The van der Waals surface area contributed by atoms with Crippen LogP contribution in [0.2, 0.25) is 5.02 Å². The highest BCUT2D eigenvalue weighted by atomic mass is 35.5. The first-order valence-corrected chi connectivity index (χ1v) is 11.0. The van der Waals surface area contributed by atoms with Crippen molar-refractivity contribution in [1.29, 1.82) is 0 Å². The van der Waals surface area contributed by atoms with Crippen LogP contribution in [0.25, 0.3) is 0 Å². The summed E-state index contributed by atoms with van der Waals surface area (Å²) in [5.74, 6) is -1.86. The summed E-state index contributed by atoms with van der Waals surface area (Å²) in [4.78, 5) is 10.9. The van der Waals surface area contributed by atoms with E-state index in [1.54, 1.807) is 13.8 Å². The summed E-state index contributed by atoms with van der Waals surface area (Å²) >= 11 is 5.82. The van der Waals surface area contributed by atoms with Crippen molar-refractivity contribution >= 4 is 37.4 Å². The average molecular weight is 398 g/mol. The van der Waals surface area contributed by atoms with Crippen LogP contribution in [0, 0.1) is 5.92 Å². The monoisotopic (exact) mass is 397 g/mol. The molecule has 7 nitrogen and oxygen atoms in total. The van der Waals surface area contributed by atoms with E-state index in [1.165, 1.54) is 12.1 Å². The van der Waals surface area contributed by atoms with Crippen molar-refractivity contribution in [2.75, 3.05) is 6.26 Å². The number of sulfone groups is 1. The first-order chi connectivity index (χ1) is 10.8. The van der Waals surface area contributed by atoms with Gasteiger partial charge in [-0.1, -0.05) is 31.5 Å². The molecular formula is C14H20ClNO6S2. The number of rotatable bonds is 8. The molecule has 0 aliphatic heterocycles. The minimum absolute atomic E-state index is 0.0306. The second kappa shape index (κ2) is 7.81. The zero-order chi connectivity index (χ0) is 18.7. The lowest BCUT2D eigenvalue weighted by Crippen LogP contribution is -2.41. The quantitative estimate of drug-likeness (QED) is 0.688. The molecule has 0 saturated heterocycles. The molecule has 0 aliphatic rings. The molecule has 0 fully saturated rings. The van der Waals surface area contributed by atoms with E-state index in [0.29, 0.717) is 0 Å². The summed E-state index contributed by atoms with van der Waals surface area (Å²) in [6.07, 6.45) is 1.07. The number of benzene rings is 1. The Morgan fingerprint density at radius 1 is 1.25 bits per heavy atom. The van der Waals surface area contributed by atoms with E-state index in [1.807, 2.05) is 0 Å². The van der Waals surface area contributed by atoms with Gasteiger partial charge in [0.25, 0.3) is 0 Å². The molecule has 0 spiro atoms. The smallest absolute Gasteiger partial charge is 0.321 e.